The average Bonchev–Trinajstić information content (AvgIpc) is 2.65. The van der Waals surface area contributed by atoms with E-state index in [4.69, 9.17) is 0 Å². The van der Waals surface area contributed by atoms with Gasteiger partial charge in [-0.25, -0.2) is 0 Å². The zero-order valence-electron chi connectivity index (χ0n) is 16.2. The predicted molar refractivity (Wildman–Crippen MR) is 106 cm³/mol. The molecular weight excluding hydrogens is 344 g/mol. The molecule has 0 radical (unpaired) electrons. The molecule has 6 heteroatoms. The number of benzene rings is 1. The number of rotatable bonds is 12. The van der Waals surface area contributed by atoms with E-state index in [0.717, 1.165) is 5.56 Å². The first-order chi connectivity index (χ1) is 12.9. The van der Waals surface area contributed by atoms with E-state index in [1.54, 1.807) is 6.08 Å². The van der Waals surface area contributed by atoms with Gasteiger partial charge in [0.05, 0.1) is 31.2 Å². The second-order valence-corrected chi connectivity index (χ2v) is 7.10. The molecule has 0 fully saturated rings. The van der Waals surface area contributed by atoms with E-state index in [1.807, 2.05) is 44.2 Å². The maximum atomic E-state index is 12.5. The Morgan fingerprint density at radius 2 is 1.78 bits per heavy atom. The first-order valence-corrected chi connectivity index (χ1v) is 9.37. The molecule has 6 nitrogen and oxygen atoms in total. The number of carbonyl (C=O) groups excluding carboxylic acids is 2. The largest absolute Gasteiger partial charge is 0.394 e. The van der Waals surface area contributed by atoms with Crippen LogP contribution < -0.4 is 10.6 Å². The van der Waals surface area contributed by atoms with Crippen LogP contribution in [0, 0.1) is 11.8 Å². The first-order valence-electron chi connectivity index (χ1n) is 9.37. The number of amides is 2. The topological polar surface area (TPSA) is 98.7 Å². The van der Waals surface area contributed by atoms with Crippen LogP contribution in [0.2, 0.25) is 0 Å². The van der Waals surface area contributed by atoms with Crippen molar-refractivity contribution < 1.29 is 19.8 Å². The molecule has 150 valence electrons. The highest BCUT2D eigenvalue weighted by atomic mass is 16.3. The van der Waals surface area contributed by atoms with E-state index < -0.39 is 12.0 Å². The predicted octanol–water partition coefficient (Wildman–Crippen LogP) is 1.42. The number of aliphatic hydroxyl groups is 2. The molecule has 0 aliphatic rings. The van der Waals surface area contributed by atoms with Crippen molar-refractivity contribution in [2.45, 2.75) is 45.2 Å². The van der Waals surface area contributed by atoms with Crippen molar-refractivity contribution >= 4 is 11.8 Å². The number of carbonyl (C=O) groups is 2. The van der Waals surface area contributed by atoms with Crippen LogP contribution in [0.5, 0.6) is 0 Å². The second-order valence-electron chi connectivity index (χ2n) is 7.10. The zero-order chi connectivity index (χ0) is 20.2. The molecule has 1 aromatic rings. The van der Waals surface area contributed by atoms with Crippen LogP contribution in [-0.2, 0) is 16.0 Å². The highest BCUT2D eigenvalue weighted by Gasteiger charge is 2.25. The summed E-state index contributed by atoms with van der Waals surface area (Å²) in [6.07, 6.45) is 2.48. The van der Waals surface area contributed by atoms with E-state index in [0.29, 0.717) is 12.8 Å². The van der Waals surface area contributed by atoms with Crippen molar-refractivity contribution in [2.24, 2.45) is 11.8 Å². The fraction of sp³-hybridized carbons (Fsp3) is 0.524. The SMILES string of the molecule is C=CC[C@H](CC(=O)N[C@H](CO)Cc1ccccc1)C(=O)N[C@H](CO)C(C)C. The fourth-order valence-corrected chi connectivity index (χ4v) is 2.78. The van der Waals surface area contributed by atoms with Gasteiger partial charge < -0.3 is 20.8 Å². The summed E-state index contributed by atoms with van der Waals surface area (Å²) in [6, 6.07) is 8.83. The Hall–Kier alpha value is -2.18. The van der Waals surface area contributed by atoms with Crippen LogP contribution in [0.3, 0.4) is 0 Å². The zero-order valence-corrected chi connectivity index (χ0v) is 16.2. The average molecular weight is 376 g/mol. The normalized spacial score (nSPS) is 14.3. The van der Waals surface area contributed by atoms with Gasteiger partial charge in [0.15, 0.2) is 0 Å². The minimum absolute atomic E-state index is 0.000608. The summed E-state index contributed by atoms with van der Waals surface area (Å²) in [6.45, 7) is 7.14. The van der Waals surface area contributed by atoms with Gasteiger partial charge in [-0.05, 0) is 24.3 Å². The van der Waals surface area contributed by atoms with E-state index in [1.165, 1.54) is 0 Å². The minimum atomic E-state index is -0.564. The first kappa shape index (κ1) is 22.9. The molecule has 0 aliphatic carbocycles. The maximum Gasteiger partial charge on any atom is 0.224 e. The summed E-state index contributed by atoms with van der Waals surface area (Å²) in [5.74, 6) is -1.05. The lowest BCUT2D eigenvalue weighted by atomic mass is 9.97. The Morgan fingerprint density at radius 1 is 1.11 bits per heavy atom. The Bertz CT molecular complexity index is 589. The van der Waals surface area contributed by atoms with E-state index in [9.17, 15) is 19.8 Å². The number of allylic oxidation sites excluding steroid dienone is 1. The lowest BCUT2D eigenvalue weighted by molar-refractivity contribution is -0.131. The molecule has 0 unspecified atom stereocenters. The van der Waals surface area contributed by atoms with E-state index in [-0.39, 0.29) is 43.4 Å². The molecule has 27 heavy (non-hydrogen) atoms. The molecule has 4 N–H and O–H groups in total. The maximum absolute atomic E-state index is 12.5. The van der Waals surface area contributed by atoms with Crippen molar-refractivity contribution in [2.75, 3.05) is 13.2 Å². The third-order valence-corrected chi connectivity index (χ3v) is 4.49. The van der Waals surface area contributed by atoms with Gasteiger partial charge in [-0.2, -0.15) is 0 Å². The molecule has 0 spiro atoms. The Kier molecular flexibility index (Phi) is 10.4. The molecule has 0 aromatic heterocycles. The number of aliphatic hydroxyl groups excluding tert-OH is 2. The molecule has 0 saturated heterocycles. The van der Waals surface area contributed by atoms with Gasteiger partial charge in [0.1, 0.15) is 0 Å². The monoisotopic (exact) mass is 376 g/mol. The van der Waals surface area contributed by atoms with Gasteiger partial charge in [-0.1, -0.05) is 50.3 Å². The summed E-state index contributed by atoms with van der Waals surface area (Å²) in [5.41, 5.74) is 1.01. The Labute approximate surface area is 161 Å². The van der Waals surface area contributed by atoms with Gasteiger partial charge in [0.2, 0.25) is 11.8 Å². The number of hydrogen-bond acceptors (Lipinski definition) is 4. The highest BCUT2D eigenvalue weighted by Crippen LogP contribution is 2.12. The van der Waals surface area contributed by atoms with Crippen molar-refractivity contribution in [3.8, 4) is 0 Å². The summed E-state index contributed by atoms with van der Waals surface area (Å²) in [4.78, 5) is 24.9. The van der Waals surface area contributed by atoms with Crippen molar-refractivity contribution in [3.05, 3.63) is 48.6 Å². The summed E-state index contributed by atoms with van der Waals surface area (Å²) in [7, 11) is 0. The minimum Gasteiger partial charge on any atom is -0.394 e. The molecule has 1 rings (SSSR count). The van der Waals surface area contributed by atoms with Gasteiger partial charge in [-0.3, -0.25) is 9.59 Å². The van der Waals surface area contributed by atoms with Crippen LogP contribution in [-0.4, -0.2) is 47.3 Å². The molecule has 0 heterocycles. The lowest BCUT2D eigenvalue weighted by Gasteiger charge is -2.24. The lowest BCUT2D eigenvalue weighted by Crippen LogP contribution is -2.46. The van der Waals surface area contributed by atoms with Crippen LogP contribution in [0.25, 0.3) is 0 Å². The molecular formula is C21H32N2O4. The van der Waals surface area contributed by atoms with Gasteiger partial charge in [-0.15, -0.1) is 6.58 Å². The fourth-order valence-electron chi connectivity index (χ4n) is 2.78. The molecule has 0 saturated carbocycles. The summed E-state index contributed by atoms with van der Waals surface area (Å²) >= 11 is 0. The molecule has 2 amide bonds. The third kappa shape index (κ3) is 8.37. The van der Waals surface area contributed by atoms with Gasteiger partial charge in [0.25, 0.3) is 0 Å². The molecule has 3 atom stereocenters. The quantitative estimate of drug-likeness (QED) is 0.415. The summed E-state index contributed by atoms with van der Waals surface area (Å²) in [5, 5.41) is 24.5. The van der Waals surface area contributed by atoms with Crippen LogP contribution in [0.15, 0.2) is 43.0 Å². The van der Waals surface area contributed by atoms with Crippen molar-refractivity contribution in [3.63, 3.8) is 0 Å². The Morgan fingerprint density at radius 3 is 2.30 bits per heavy atom. The highest BCUT2D eigenvalue weighted by molar-refractivity contribution is 5.86. The molecule has 0 aliphatic heterocycles. The molecule has 0 bridgehead atoms. The van der Waals surface area contributed by atoms with Crippen LogP contribution >= 0.6 is 0 Å². The third-order valence-electron chi connectivity index (χ3n) is 4.49. The van der Waals surface area contributed by atoms with Crippen molar-refractivity contribution in [1.82, 2.24) is 10.6 Å². The van der Waals surface area contributed by atoms with E-state index >= 15 is 0 Å². The second kappa shape index (κ2) is 12.3. The number of hydrogen-bond donors (Lipinski definition) is 4. The smallest absolute Gasteiger partial charge is 0.224 e. The van der Waals surface area contributed by atoms with Gasteiger partial charge >= 0.3 is 0 Å². The van der Waals surface area contributed by atoms with Gasteiger partial charge in [0, 0.05) is 6.42 Å². The van der Waals surface area contributed by atoms with Crippen LogP contribution in [0.4, 0.5) is 0 Å². The number of nitrogens with one attached hydrogen (secondary N) is 2. The van der Waals surface area contributed by atoms with Crippen molar-refractivity contribution in [1.29, 1.82) is 0 Å². The van der Waals surface area contributed by atoms with Crippen LogP contribution in [0.1, 0.15) is 32.3 Å². The summed E-state index contributed by atoms with van der Waals surface area (Å²) < 4.78 is 0. The molecule has 1 aromatic carbocycles. The van der Waals surface area contributed by atoms with E-state index in [2.05, 4.69) is 17.2 Å². The standard InChI is InChI=1S/C21H32N2O4/c1-4-8-17(21(27)23-19(14-25)15(2)3)12-20(26)22-18(13-24)11-16-9-6-5-7-10-16/h4-7,9-10,15,17-19,24-25H,1,8,11-14H2,2-3H3,(H,22,26)(H,23,27)/t17-,18+,19-/m1/s1. The Balaban J connectivity index is 2.65.